The van der Waals surface area contributed by atoms with Crippen LogP contribution in [0.5, 0.6) is 28.7 Å². The van der Waals surface area contributed by atoms with Gasteiger partial charge in [0.15, 0.2) is 23.2 Å². The van der Waals surface area contributed by atoms with E-state index in [1.165, 1.54) is 61.5 Å². The van der Waals surface area contributed by atoms with Crippen molar-refractivity contribution in [3.05, 3.63) is 82.5 Å². The molecule has 2 aliphatic rings. The molecule has 282 valence electrons. The zero-order valence-corrected chi connectivity index (χ0v) is 27.7. The molecule has 0 spiro atoms. The van der Waals surface area contributed by atoms with Gasteiger partial charge in [-0.1, -0.05) is 6.07 Å². The Hall–Kier alpha value is -5.08. The molecule has 4 unspecified atom stereocenters. The Labute approximate surface area is 299 Å². The van der Waals surface area contributed by atoms with Gasteiger partial charge in [-0.15, -0.1) is 0 Å². The van der Waals surface area contributed by atoms with Crippen molar-refractivity contribution in [1.82, 2.24) is 0 Å². The van der Waals surface area contributed by atoms with E-state index < -0.39 is 85.2 Å². The minimum Gasteiger partial charge on any atom is -0.507 e. The van der Waals surface area contributed by atoms with Crippen LogP contribution in [0.25, 0.3) is 28.4 Å². The Morgan fingerprint density at radius 3 is 2.15 bits per heavy atom. The van der Waals surface area contributed by atoms with Gasteiger partial charge >= 0.3 is 5.97 Å². The highest BCUT2D eigenvalue weighted by atomic mass is 16.7. The number of aliphatic hydroxyl groups excluding tert-OH is 6. The Bertz CT molecular complexity index is 2030. The minimum absolute atomic E-state index is 0.0627. The average molecular weight is 741 g/mol. The normalized spacial score (nSPS) is 29.0. The van der Waals surface area contributed by atoms with Crippen LogP contribution in [0.4, 0.5) is 0 Å². The van der Waals surface area contributed by atoms with Gasteiger partial charge in [0.2, 0.25) is 6.29 Å². The number of hydrogen-bond donors (Lipinski definition) is 9. The number of ether oxygens (including phenoxy) is 5. The van der Waals surface area contributed by atoms with E-state index in [1.807, 2.05) is 0 Å². The summed E-state index contributed by atoms with van der Waals surface area (Å²) in [5, 5.41) is 91.4. The lowest BCUT2D eigenvalue weighted by atomic mass is 9.98. The third-order valence-electron chi connectivity index (χ3n) is 8.71. The lowest BCUT2D eigenvalue weighted by Crippen LogP contribution is -2.61. The molecule has 6 rings (SSSR count). The molecule has 0 aliphatic carbocycles. The first kappa shape index (κ1) is 37.7. The number of benzene rings is 3. The number of aromatic hydroxyl groups is 3. The Kier molecular flexibility index (Phi) is 11.0. The Morgan fingerprint density at radius 2 is 1.43 bits per heavy atom. The first-order valence-electron chi connectivity index (χ1n) is 16.2. The lowest BCUT2D eigenvalue weighted by molar-refractivity contribution is -0.318. The van der Waals surface area contributed by atoms with Crippen molar-refractivity contribution in [2.24, 2.45) is 0 Å². The van der Waals surface area contributed by atoms with Crippen LogP contribution in [0.3, 0.4) is 0 Å². The summed E-state index contributed by atoms with van der Waals surface area (Å²) in [7, 11) is 0. The highest BCUT2D eigenvalue weighted by Gasteiger charge is 2.47. The zero-order valence-electron chi connectivity index (χ0n) is 27.7. The smallest absolute Gasteiger partial charge is 0.336 e. The first-order chi connectivity index (χ1) is 25.2. The van der Waals surface area contributed by atoms with Gasteiger partial charge in [0.05, 0.1) is 12.7 Å². The number of phenolic OH excluding ortho intramolecular Hbond substituents is 3. The van der Waals surface area contributed by atoms with Crippen LogP contribution in [-0.2, 0) is 19.0 Å². The number of carbonyl (C=O) groups is 1. The fraction of sp³-hybridized carbons (Fsp3) is 0.333. The standard InChI is InChI=1S/C36H36O17/c1-15-29(42)31(44)33(46)35(49-15)48-14-26-30(43)32(45)34(47)36(53-26)51-19-11-22(39)28-23(40)13-24(52-25(28)12-19)17-4-6-18(7-5-17)50-27(41)9-3-16-2-8-20(37)21(38)10-16/h2-13,15,26,29-39,42-47H,14H2,1H3/b9-3+/t15-,26?,29-,30+,31?,32-,33?,34?,35+,36+/m0/s1. The van der Waals surface area contributed by atoms with Crippen molar-refractivity contribution in [2.75, 3.05) is 6.61 Å². The summed E-state index contributed by atoms with van der Waals surface area (Å²) >= 11 is 0. The summed E-state index contributed by atoms with van der Waals surface area (Å²) in [5.74, 6) is -1.88. The monoisotopic (exact) mass is 740 g/mol. The molecule has 3 heterocycles. The predicted molar refractivity (Wildman–Crippen MR) is 180 cm³/mol. The molecular formula is C36H36O17. The van der Waals surface area contributed by atoms with Gasteiger partial charge < -0.3 is 74.1 Å². The molecule has 2 saturated heterocycles. The molecule has 9 N–H and O–H groups in total. The van der Waals surface area contributed by atoms with Gasteiger partial charge in [-0.05, 0) is 55.0 Å². The quantitative estimate of drug-likeness (QED) is 0.0481. The molecular weight excluding hydrogens is 704 g/mol. The second-order valence-corrected chi connectivity index (χ2v) is 12.5. The van der Waals surface area contributed by atoms with Crippen LogP contribution in [0.15, 0.2) is 76.0 Å². The molecule has 0 saturated carbocycles. The van der Waals surface area contributed by atoms with Crippen LogP contribution < -0.4 is 14.9 Å². The molecule has 17 heteroatoms. The predicted octanol–water partition coefficient (Wildman–Crippen LogP) is 0.226. The molecule has 2 aliphatic heterocycles. The van der Waals surface area contributed by atoms with Gasteiger partial charge in [0.1, 0.15) is 76.7 Å². The average Bonchev–Trinajstić information content (AvgIpc) is 3.12. The zero-order chi connectivity index (χ0) is 38.1. The van der Waals surface area contributed by atoms with Crippen molar-refractivity contribution >= 4 is 23.0 Å². The lowest BCUT2D eigenvalue weighted by Gasteiger charge is -2.42. The van der Waals surface area contributed by atoms with Crippen LogP contribution in [0.1, 0.15) is 12.5 Å². The second kappa shape index (κ2) is 15.5. The van der Waals surface area contributed by atoms with Crippen molar-refractivity contribution in [3.63, 3.8) is 0 Å². The fourth-order valence-corrected chi connectivity index (χ4v) is 5.73. The molecule has 10 atom stereocenters. The summed E-state index contributed by atoms with van der Waals surface area (Å²) in [5.41, 5.74) is 0.0829. The molecule has 17 nitrogen and oxygen atoms in total. The molecule has 4 aromatic rings. The summed E-state index contributed by atoms with van der Waals surface area (Å²) in [6, 6.07) is 13.4. The van der Waals surface area contributed by atoms with E-state index >= 15 is 0 Å². The summed E-state index contributed by atoms with van der Waals surface area (Å²) in [4.78, 5) is 25.3. The molecule has 53 heavy (non-hydrogen) atoms. The number of phenols is 3. The number of aliphatic hydroxyl groups is 6. The largest absolute Gasteiger partial charge is 0.507 e. The number of rotatable bonds is 9. The highest BCUT2D eigenvalue weighted by molar-refractivity contribution is 5.89. The van der Waals surface area contributed by atoms with Gasteiger partial charge in [-0.3, -0.25) is 4.79 Å². The maximum atomic E-state index is 13.0. The maximum Gasteiger partial charge on any atom is 0.336 e. The van der Waals surface area contributed by atoms with Crippen molar-refractivity contribution in [3.8, 4) is 40.1 Å². The molecule has 0 radical (unpaired) electrons. The Balaban J connectivity index is 1.15. The first-order valence-corrected chi connectivity index (χ1v) is 16.2. The van der Waals surface area contributed by atoms with E-state index in [-0.39, 0.29) is 39.7 Å². The van der Waals surface area contributed by atoms with Gasteiger partial charge in [-0.25, -0.2) is 4.79 Å². The van der Waals surface area contributed by atoms with Gasteiger partial charge in [-0.2, -0.15) is 0 Å². The van der Waals surface area contributed by atoms with E-state index in [9.17, 15) is 55.5 Å². The van der Waals surface area contributed by atoms with E-state index in [2.05, 4.69) is 0 Å². The van der Waals surface area contributed by atoms with Crippen molar-refractivity contribution in [2.45, 2.75) is 68.3 Å². The molecule has 0 amide bonds. The molecule has 0 bridgehead atoms. The van der Waals surface area contributed by atoms with Crippen molar-refractivity contribution in [1.29, 1.82) is 0 Å². The summed E-state index contributed by atoms with van der Waals surface area (Å²) in [6.45, 7) is 0.922. The van der Waals surface area contributed by atoms with E-state index in [4.69, 9.17) is 28.1 Å². The SMILES string of the molecule is C[C@@H]1O[C@@H](OCC2O[C@@H](Oc3cc(O)c4c(=O)cc(-c5ccc(OC(=O)/C=C/c6ccc(O)c(O)c6)cc5)oc4c3)C(O)[C@@H](O)[C@@H]2O)C(O)C(O)[C@H]1O. The molecule has 1 aromatic heterocycles. The van der Waals surface area contributed by atoms with Gasteiger partial charge in [0.25, 0.3) is 0 Å². The number of fused-ring (bicyclic) bond motifs is 1. The molecule has 2 fully saturated rings. The fourth-order valence-electron chi connectivity index (χ4n) is 5.73. The van der Waals surface area contributed by atoms with Crippen LogP contribution >= 0.6 is 0 Å². The van der Waals surface area contributed by atoms with Crippen molar-refractivity contribution < 1.29 is 78.9 Å². The summed E-state index contributed by atoms with van der Waals surface area (Å²) in [6.07, 6.45) is -12.8. The maximum absolute atomic E-state index is 13.0. The van der Waals surface area contributed by atoms with Crippen LogP contribution in [-0.4, -0.2) is 120 Å². The van der Waals surface area contributed by atoms with E-state index in [0.717, 1.165) is 18.2 Å². The molecule has 3 aromatic carbocycles. The number of carbonyl (C=O) groups excluding carboxylic acids is 1. The van der Waals surface area contributed by atoms with Gasteiger partial charge in [0, 0.05) is 29.8 Å². The number of hydrogen-bond acceptors (Lipinski definition) is 17. The van der Waals surface area contributed by atoms with Crippen LogP contribution in [0.2, 0.25) is 0 Å². The Morgan fingerprint density at radius 1 is 0.736 bits per heavy atom. The third kappa shape index (κ3) is 8.13. The minimum atomic E-state index is -1.81. The van der Waals surface area contributed by atoms with E-state index in [1.54, 1.807) is 0 Å². The third-order valence-corrected chi connectivity index (χ3v) is 8.71. The second-order valence-electron chi connectivity index (χ2n) is 12.5. The topological polar surface area (TPSA) is 275 Å². The summed E-state index contributed by atoms with van der Waals surface area (Å²) < 4.78 is 33.4. The highest BCUT2D eigenvalue weighted by Crippen LogP contribution is 2.34. The van der Waals surface area contributed by atoms with Crippen LogP contribution in [0, 0.1) is 0 Å². The van der Waals surface area contributed by atoms with E-state index in [0.29, 0.717) is 11.1 Å². The number of esters is 1.